The van der Waals surface area contributed by atoms with E-state index in [1.165, 1.54) is 0 Å². The molecule has 0 unspecified atom stereocenters. The third-order valence-corrected chi connectivity index (χ3v) is 2.82. The predicted octanol–water partition coefficient (Wildman–Crippen LogP) is 2.63. The van der Waals surface area contributed by atoms with Crippen LogP contribution in [0.15, 0.2) is 54.7 Å². The highest BCUT2D eigenvalue weighted by Gasteiger charge is 2.10. The second-order valence-corrected chi connectivity index (χ2v) is 3.97. The van der Waals surface area contributed by atoms with Gasteiger partial charge in [0, 0.05) is 12.6 Å². The van der Waals surface area contributed by atoms with Crippen LogP contribution in [-0.2, 0) is 6.42 Å². The third kappa shape index (κ3) is 1.76. The summed E-state index contributed by atoms with van der Waals surface area (Å²) in [5.74, 6) is 0.111. The molecule has 0 saturated heterocycles. The van der Waals surface area contributed by atoms with Crippen molar-refractivity contribution in [3.05, 3.63) is 66.0 Å². The zero-order chi connectivity index (χ0) is 11.7. The Balaban J connectivity index is 2.08. The fraction of sp³-hybridized carbons (Fsp3) is 0.0714. The SMILES string of the molecule is Oc1nc2ccccn2c1Cc1ccccc1. The number of pyridine rings is 1. The van der Waals surface area contributed by atoms with Crippen molar-refractivity contribution in [2.45, 2.75) is 6.42 Å². The molecule has 0 saturated carbocycles. The third-order valence-electron chi connectivity index (χ3n) is 2.82. The van der Waals surface area contributed by atoms with E-state index in [-0.39, 0.29) is 5.88 Å². The molecular weight excluding hydrogens is 212 g/mol. The fourth-order valence-corrected chi connectivity index (χ4v) is 1.99. The lowest BCUT2D eigenvalue weighted by Crippen LogP contribution is -1.94. The average molecular weight is 224 g/mol. The molecule has 17 heavy (non-hydrogen) atoms. The number of hydrogen-bond donors (Lipinski definition) is 1. The van der Waals surface area contributed by atoms with E-state index in [4.69, 9.17) is 0 Å². The van der Waals surface area contributed by atoms with E-state index in [0.29, 0.717) is 6.42 Å². The van der Waals surface area contributed by atoms with Crippen molar-refractivity contribution in [1.82, 2.24) is 9.38 Å². The molecule has 0 spiro atoms. The molecule has 84 valence electrons. The largest absolute Gasteiger partial charge is 0.492 e. The van der Waals surface area contributed by atoms with Crippen molar-refractivity contribution in [3.8, 4) is 5.88 Å². The van der Waals surface area contributed by atoms with Gasteiger partial charge in [0.05, 0.1) is 5.69 Å². The summed E-state index contributed by atoms with van der Waals surface area (Å²) in [6.45, 7) is 0. The van der Waals surface area contributed by atoms with Crippen LogP contribution in [0.2, 0.25) is 0 Å². The van der Waals surface area contributed by atoms with Crippen LogP contribution >= 0.6 is 0 Å². The van der Waals surface area contributed by atoms with E-state index in [2.05, 4.69) is 4.98 Å². The molecule has 0 aliphatic heterocycles. The van der Waals surface area contributed by atoms with E-state index >= 15 is 0 Å². The van der Waals surface area contributed by atoms with Crippen LogP contribution in [0.1, 0.15) is 11.3 Å². The molecule has 0 aliphatic rings. The first kappa shape index (κ1) is 9.90. The van der Waals surface area contributed by atoms with Gasteiger partial charge >= 0.3 is 0 Å². The van der Waals surface area contributed by atoms with Crippen LogP contribution < -0.4 is 0 Å². The minimum absolute atomic E-state index is 0.111. The molecule has 0 aliphatic carbocycles. The average Bonchev–Trinajstić information content (AvgIpc) is 2.68. The van der Waals surface area contributed by atoms with Gasteiger partial charge in [-0.05, 0) is 17.7 Å². The fourth-order valence-electron chi connectivity index (χ4n) is 1.99. The first-order valence-electron chi connectivity index (χ1n) is 5.53. The van der Waals surface area contributed by atoms with Crippen LogP contribution in [0, 0.1) is 0 Å². The Morgan fingerprint density at radius 1 is 1.00 bits per heavy atom. The van der Waals surface area contributed by atoms with E-state index < -0.39 is 0 Å². The quantitative estimate of drug-likeness (QED) is 0.726. The number of aromatic hydroxyl groups is 1. The number of benzene rings is 1. The Labute approximate surface area is 99.0 Å². The van der Waals surface area contributed by atoms with Gasteiger partial charge in [-0.2, -0.15) is 4.98 Å². The van der Waals surface area contributed by atoms with Gasteiger partial charge in [-0.1, -0.05) is 36.4 Å². The first-order valence-corrected chi connectivity index (χ1v) is 5.53. The summed E-state index contributed by atoms with van der Waals surface area (Å²) in [6.07, 6.45) is 2.60. The minimum Gasteiger partial charge on any atom is -0.492 e. The zero-order valence-electron chi connectivity index (χ0n) is 9.24. The molecule has 0 radical (unpaired) electrons. The maximum absolute atomic E-state index is 9.86. The van der Waals surface area contributed by atoms with Crippen LogP contribution in [-0.4, -0.2) is 14.5 Å². The lowest BCUT2D eigenvalue weighted by atomic mass is 10.1. The molecule has 2 aromatic heterocycles. The van der Waals surface area contributed by atoms with Crippen LogP contribution in [0.4, 0.5) is 0 Å². The number of fused-ring (bicyclic) bond motifs is 1. The molecule has 3 aromatic rings. The van der Waals surface area contributed by atoms with Crippen molar-refractivity contribution >= 4 is 5.65 Å². The molecule has 3 rings (SSSR count). The van der Waals surface area contributed by atoms with Gasteiger partial charge in [-0.3, -0.25) is 4.40 Å². The Hall–Kier alpha value is -2.29. The molecule has 0 fully saturated rings. The van der Waals surface area contributed by atoms with Gasteiger partial charge in [0.1, 0.15) is 5.65 Å². The number of nitrogens with zero attached hydrogens (tertiary/aromatic N) is 2. The predicted molar refractivity (Wildman–Crippen MR) is 66.1 cm³/mol. The zero-order valence-corrected chi connectivity index (χ0v) is 9.24. The lowest BCUT2D eigenvalue weighted by Gasteiger charge is -2.02. The van der Waals surface area contributed by atoms with E-state index in [1.54, 1.807) is 0 Å². The summed E-state index contributed by atoms with van der Waals surface area (Å²) >= 11 is 0. The summed E-state index contributed by atoms with van der Waals surface area (Å²) in [4.78, 5) is 4.13. The molecule has 1 aromatic carbocycles. The highest BCUT2D eigenvalue weighted by atomic mass is 16.3. The summed E-state index contributed by atoms with van der Waals surface area (Å²) in [5.41, 5.74) is 2.76. The Kier molecular flexibility index (Phi) is 2.29. The summed E-state index contributed by atoms with van der Waals surface area (Å²) in [7, 11) is 0. The van der Waals surface area contributed by atoms with Crippen molar-refractivity contribution < 1.29 is 5.11 Å². The van der Waals surface area contributed by atoms with Crippen LogP contribution in [0.5, 0.6) is 5.88 Å². The number of imidazole rings is 1. The first-order chi connectivity index (χ1) is 8.34. The normalized spacial score (nSPS) is 10.8. The number of hydrogen-bond acceptors (Lipinski definition) is 2. The van der Waals surface area contributed by atoms with Crippen LogP contribution in [0.25, 0.3) is 5.65 Å². The monoisotopic (exact) mass is 224 g/mol. The van der Waals surface area contributed by atoms with Crippen molar-refractivity contribution in [3.63, 3.8) is 0 Å². The van der Waals surface area contributed by atoms with Gasteiger partial charge in [-0.15, -0.1) is 0 Å². The van der Waals surface area contributed by atoms with Gasteiger partial charge in [-0.25, -0.2) is 0 Å². The molecular formula is C14H12N2O. The molecule has 3 heteroatoms. The van der Waals surface area contributed by atoms with Gasteiger partial charge in [0.2, 0.25) is 5.88 Å². The number of aromatic nitrogens is 2. The summed E-state index contributed by atoms with van der Waals surface area (Å²) in [6, 6.07) is 15.8. The Bertz CT molecular complexity index is 644. The Morgan fingerprint density at radius 2 is 1.76 bits per heavy atom. The van der Waals surface area contributed by atoms with Crippen molar-refractivity contribution in [1.29, 1.82) is 0 Å². The maximum Gasteiger partial charge on any atom is 0.233 e. The smallest absolute Gasteiger partial charge is 0.233 e. The van der Waals surface area contributed by atoms with Crippen molar-refractivity contribution in [2.24, 2.45) is 0 Å². The number of rotatable bonds is 2. The lowest BCUT2D eigenvalue weighted by molar-refractivity contribution is 0.450. The van der Waals surface area contributed by atoms with Crippen LogP contribution in [0.3, 0.4) is 0 Å². The summed E-state index contributed by atoms with van der Waals surface area (Å²) < 4.78 is 1.92. The maximum atomic E-state index is 9.86. The highest BCUT2D eigenvalue weighted by Crippen LogP contribution is 2.21. The molecule has 0 amide bonds. The highest BCUT2D eigenvalue weighted by molar-refractivity contribution is 5.46. The van der Waals surface area contributed by atoms with Crippen molar-refractivity contribution in [2.75, 3.05) is 0 Å². The minimum atomic E-state index is 0.111. The second kappa shape index (κ2) is 3.94. The molecule has 3 nitrogen and oxygen atoms in total. The van der Waals surface area contributed by atoms with Gasteiger partial charge in [0.15, 0.2) is 0 Å². The molecule has 2 heterocycles. The van der Waals surface area contributed by atoms with Gasteiger partial charge < -0.3 is 5.11 Å². The second-order valence-electron chi connectivity index (χ2n) is 3.97. The van der Waals surface area contributed by atoms with E-state index in [0.717, 1.165) is 16.9 Å². The standard InChI is InChI=1S/C14H12N2O/c17-14-12(10-11-6-2-1-3-7-11)16-9-5-4-8-13(16)15-14/h1-9,17H,10H2. The van der Waals surface area contributed by atoms with E-state index in [1.807, 2.05) is 59.1 Å². The topological polar surface area (TPSA) is 37.5 Å². The van der Waals surface area contributed by atoms with Gasteiger partial charge in [0.25, 0.3) is 0 Å². The summed E-state index contributed by atoms with van der Waals surface area (Å²) in [5, 5.41) is 9.86. The molecule has 1 N–H and O–H groups in total. The molecule has 0 bridgehead atoms. The van der Waals surface area contributed by atoms with E-state index in [9.17, 15) is 5.11 Å². The Morgan fingerprint density at radius 3 is 2.59 bits per heavy atom. The molecule has 0 atom stereocenters.